The van der Waals surface area contributed by atoms with Crippen molar-refractivity contribution in [3.05, 3.63) is 48.0 Å². The molecule has 0 saturated carbocycles. The van der Waals surface area contributed by atoms with Crippen molar-refractivity contribution in [1.29, 1.82) is 0 Å². The summed E-state index contributed by atoms with van der Waals surface area (Å²) in [6, 6.07) is 13.7. The van der Waals surface area contributed by atoms with Crippen LogP contribution in [0.3, 0.4) is 0 Å². The van der Waals surface area contributed by atoms with Crippen LogP contribution >= 0.6 is 0 Å². The summed E-state index contributed by atoms with van der Waals surface area (Å²) in [5.41, 5.74) is 8.12. The minimum absolute atomic E-state index is 0.102. The number of guanidine groups is 1. The van der Waals surface area contributed by atoms with Crippen molar-refractivity contribution < 1.29 is 18.9 Å². The molecule has 0 bridgehead atoms. The van der Waals surface area contributed by atoms with Crippen LogP contribution in [-0.4, -0.2) is 65.0 Å². The molecule has 1 aliphatic heterocycles. The Morgan fingerprint density at radius 1 is 1.03 bits per heavy atom. The molecule has 1 unspecified atom stereocenters. The fourth-order valence-electron chi connectivity index (χ4n) is 3.43. The van der Waals surface area contributed by atoms with Gasteiger partial charge in [0.2, 0.25) is 0 Å². The van der Waals surface area contributed by atoms with Crippen molar-refractivity contribution in [3.63, 3.8) is 0 Å². The van der Waals surface area contributed by atoms with E-state index in [4.69, 9.17) is 24.7 Å². The molecule has 162 valence electrons. The van der Waals surface area contributed by atoms with E-state index >= 15 is 0 Å². The molecule has 0 aliphatic carbocycles. The molecule has 1 heterocycles. The smallest absolute Gasteiger partial charge is 0.193 e. The molecule has 8 heteroatoms. The molecule has 3 rings (SSSR count). The molecular formula is C22H30N4O4. The molecule has 1 fully saturated rings. The summed E-state index contributed by atoms with van der Waals surface area (Å²) in [5.74, 6) is 2.46. The van der Waals surface area contributed by atoms with Gasteiger partial charge in [0.15, 0.2) is 17.5 Å². The summed E-state index contributed by atoms with van der Waals surface area (Å²) >= 11 is 0. The maximum Gasteiger partial charge on any atom is 0.193 e. The second kappa shape index (κ2) is 10.7. The van der Waals surface area contributed by atoms with E-state index in [9.17, 15) is 0 Å². The maximum absolute atomic E-state index is 6.17. The molecule has 0 radical (unpaired) electrons. The van der Waals surface area contributed by atoms with Gasteiger partial charge >= 0.3 is 0 Å². The first kappa shape index (κ1) is 21.7. The molecule has 30 heavy (non-hydrogen) atoms. The van der Waals surface area contributed by atoms with Gasteiger partial charge in [-0.05, 0) is 29.8 Å². The quantitative estimate of drug-likeness (QED) is 0.507. The number of rotatable bonds is 8. The topological polar surface area (TPSA) is 90.6 Å². The lowest BCUT2D eigenvalue weighted by molar-refractivity contribution is 0.0180. The number of nitrogens with zero attached hydrogens (tertiary/aromatic N) is 2. The van der Waals surface area contributed by atoms with Gasteiger partial charge in [0.05, 0.1) is 47.1 Å². The molecule has 8 nitrogen and oxygen atoms in total. The van der Waals surface area contributed by atoms with Crippen LogP contribution in [0.1, 0.15) is 11.6 Å². The summed E-state index contributed by atoms with van der Waals surface area (Å²) in [7, 11) is 4.87. The zero-order valence-electron chi connectivity index (χ0n) is 17.8. The highest BCUT2D eigenvalue weighted by Crippen LogP contribution is 2.30. The third-order valence-corrected chi connectivity index (χ3v) is 5.08. The summed E-state index contributed by atoms with van der Waals surface area (Å²) in [5, 5.41) is 3.12. The van der Waals surface area contributed by atoms with Gasteiger partial charge in [-0.1, -0.05) is 12.1 Å². The van der Waals surface area contributed by atoms with Gasteiger partial charge in [-0.3, -0.25) is 9.89 Å². The van der Waals surface area contributed by atoms with Crippen LogP contribution in [0.25, 0.3) is 0 Å². The predicted octanol–water partition coefficient (Wildman–Crippen LogP) is 2.51. The van der Waals surface area contributed by atoms with Crippen molar-refractivity contribution in [3.8, 4) is 17.2 Å². The van der Waals surface area contributed by atoms with E-state index in [1.807, 2.05) is 30.3 Å². The number of nitrogens with one attached hydrogen (secondary N) is 1. The third kappa shape index (κ3) is 5.55. The number of morpholine rings is 1. The summed E-state index contributed by atoms with van der Waals surface area (Å²) in [6.07, 6.45) is 0. The molecule has 1 aliphatic rings. The number of nitrogens with two attached hydrogens (primary N) is 1. The Labute approximate surface area is 177 Å². The second-order valence-electron chi connectivity index (χ2n) is 6.86. The number of hydrogen-bond acceptors (Lipinski definition) is 6. The van der Waals surface area contributed by atoms with Gasteiger partial charge in [0, 0.05) is 24.8 Å². The average molecular weight is 415 g/mol. The number of anilines is 1. The van der Waals surface area contributed by atoms with Gasteiger partial charge < -0.3 is 30.0 Å². The van der Waals surface area contributed by atoms with Crippen LogP contribution < -0.4 is 25.3 Å². The summed E-state index contributed by atoms with van der Waals surface area (Å²) in [4.78, 5) is 6.98. The van der Waals surface area contributed by atoms with Crippen LogP contribution in [0.4, 0.5) is 5.69 Å². The molecule has 0 spiro atoms. The Morgan fingerprint density at radius 3 is 2.37 bits per heavy atom. The van der Waals surface area contributed by atoms with Gasteiger partial charge in [0.25, 0.3) is 0 Å². The second-order valence-corrected chi connectivity index (χ2v) is 6.86. The Morgan fingerprint density at radius 2 is 1.73 bits per heavy atom. The minimum atomic E-state index is 0.102. The third-order valence-electron chi connectivity index (χ3n) is 5.08. The zero-order valence-corrected chi connectivity index (χ0v) is 17.8. The van der Waals surface area contributed by atoms with Crippen molar-refractivity contribution in [1.82, 2.24) is 4.90 Å². The predicted molar refractivity (Wildman–Crippen MR) is 118 cm³/mol. The van der Waals surface area contributed by atoms with E-state index in [0.29, 0.717) is 24.0 Å². The van der Waals surface area contributed by atoms with Crippen LogP contribution in [0.5, 0.6) is 17.2 Å². The van der Waals surface area contributed by atoms with Crippen LogP contribution in [-0.2, 0) is 4.74 Å². The van der Waals surface area contributed by atoms with Crippen LogP contribution in [0, 0.1) is 0 Å². The standard InChI is InChI=1S/C22H30N4O4/c1-27-18-7-4-16(5-8-18)19(26-10-12-30-13-11-26)15-24-22(23)25-17-6-9-20(28-2)21(14-17)29-3/h4-9,14,19H,10-13,15H2,1-3H3,(H3,23,24,25). The highest BCUT2D eigenvalue weighted by Gasteiger charge is 2.22. The number of hydrogen-bond donors (Lipinski definition) is 2. The molecular weight excluding hydrogens is 384 g/mol. The molecule has 3 N–H and O–H groups in total. The molecule has 1 atom stereocenters. The first-order valence-corrected chi connectivity index (χ1v) is 9.89. The number of ether oxygens (including phenoxy) is 4. The van der Waals surface area contributed by atoms with Crippen LogP contribution in [0.2, 0.25) is 0 Å². The van der Waals surface area contributed by atoms with E-state index in [1.54, 1.807) is 21.3 Å². The van der Waals surface area contributed by atoms with E-state index in [2.05, 4.69) is 27.3 Å². The van der Waals surface area contributed by atoms with E-state index < -0.39 is 0 Å². The molecule has 2 aromatic rings. The van der Waals surface area contributed by atoms with E-state index in [0.717, 1.165) is 37.7 Å². The van der Waals surface area contributed by atoms with Crippen molar-refractivity contribution in [2.45, 2.75) is 6.04 Å². The maximum atomic E-state index is 6.17. The van der Waals surface area contributed by atoms with Gasteiger partial charge in [-0.2, -0.15) is 0 Å². The normalized spacial score (nSPS) is 16.0. The average Bonchev–Trinajstić information content (AvgIpc) is 2.80. The Hall–Kier alpha value is -2.97. The molecule has 2 aromatic carbocycles. The highest BCUT2D eigenvalue weighted by atomic mass is 16.5. The van der Waals surface area contributed by atoms with Crippen molar-refractivity contribution >= 4 is 11.6 Å². The first-order chi connectivity index (χ1) is 14.6. The Kier molecular flexibility index (Phi) is 7.75. The molecule has 0 aromatic heterocycles. The largest absolute Gasteiger partial charge is 0.497 e. The lowest BCUT2D eigenvalue weighted by atomic mass is 10.0. The molecule has 1 saturated heterocycles. The van der Waals surface area contributed by atoms with Gasteiger partial charge in [-0.15, -0.1) is 0 Å². The fourth-order valence-corrected chi connectivity index (χ4v) is 3.43. The number of aliphatic imine (C=N–C) groups is 1. The zero-order chi connectivity index (χ0) is 21.3. The van der Waals surface area contributed by atoms with Crippen LogP contribution in [0.15, 0.2) is 47.5 Å². The lowest BCUT2D eigenvalue weighted by Crippen LogP contribution is -2.40. The Balaban J connectivity index is 1.73. The highest BCUT2D eigenvalue weighted by molar-refractivity contribution is 5.92. The van der Waals surface area contributed by atoms with Crippen molar-refractivity contribution in [2.24, 2.45) is 10.7 Å². The summed E-state index contributed by atoms with van der Waals surface area (Å²) in [6.45, 7) is 3.67. The monoisotopic (exact) mass is 414 g/mol. The van der Waals surface area contributed by atoms with Gasteiger partial charge in [-0.25, -0.2) is 0 Å². The SMILES string of the molecule is COc1ccc(C(CN=C(N)Nc2ccc(OC)c(OC)c2)N2CCOCC2)cc1. The lowest BCUT2D eigenvalue weighted by Gasteiger charge is -2.34. The summed E-state index contributed by atoms with van der Waals surface area (Å²) < 4.78 is 21.4. The van der Waals surface area contributed by atoms with E-state index in [-0.39, 0.29) is 6.04 Å². The van der Waals surface area contributed by atoms with Gasteiger partial charge in [0.1, 0.15) is 5.75 Å². The van der Waals surface area contributed by atoms with E-state index in [1.165, 1.54) is 5.56 Å². The number of benzene rings is 2. The number of methoxy groups -OCH3 is 3. The molecule has 0 amide bonds. The van der Waals surface area contributed by atoms with Crippen molar-refractivity contribution in [2.75, 3.05) is 59.5 Å². The first-order valence-electron chi connectivity index (χ1n) is 9.89. The Bertz CT molecular complexity index is 836. The fraction of sp³-hybridized carbons (Fsp3) is 0.409. The minimum Gasteiger partial charge on any atom is -0.497 e.